The van der Waals surface area contributed by atoms with Crippen LogP contribution in [0.2, 0.25) is 0 Å². The summed E-state index contributed by atoms with van der Waals surface area (Å²) < 4.78 is 38.1. The lowest BCUT2D eigenvalue weighted by Crippen LogP contribution is -2.56. The molecule has 2 heterocycles. The van der Waals surface area contributed by atoms with E-state index in [9.17, 15) is 13.2 Å². The number of nitrogens with zero attached hydrogens (tertiary/aromatic N) is 3. The van der Waals surface area contributed by atoms with Gasteiger partial charge in [-0.3, -0.25) is 9.69 Å². The van der Waals surface area contributed by atoms with Gasteiger partial charge in [-0.25, -0.2) is 12.7 Å². The van der Waals surface area contributed by atoms with Crippen LogP contribution in [0, 0.1) is 0 Å². The minimum Gasteiger partial charge on any atom is -0.454 e. The van der Waals surface area contributed by atoms with Gasteiger partial charge in [-0.05, 0) is 37.0 Å². The van der Waals surface area contributed by atoms with Crippen molar-refractivity contribution in [2.75, 3.05) is 41.0 Å². The van der Waals surface area contributed by atoms with Gasteiger partial charge in [0.15, 0.2) is 11.5 Å². The Hall–Kier alpha value is -2.62. The van der Waals surface area contributed by atoms with Crippen molar-refractivity contribution in [3.8, 4) is 11.5 Å². The summed E-state index contributed by atoms with van der Waals surface area (Å²) in [6.07, 6.45) is 2.08. The van der Waals surface area contributed by atoms with Crippen molar-refractivity contribution < 1.29 is 22.7 Å². The van der Waals surface area contributed by atoms with Gasteiger partial charge in [-0.1, -0.05) is 30.3 Å². The van der Waals surface area contributed by atoms with Crippen molar-refractivity contribution in [2.24, 2.45) is 0 Å². The van der Waals surface area contributed by atoms with Gasteiger partial charge in [-0.15, -0.1) is 0 Å². The van der Waals surface area contributed by atoms with Crippen LogP contribution < -0.4 is 9.47 Å². The zero-order chi connectivity index (χ0) is 23.8. The summed E-state index contributed by atoms with van der Waals surface area (Å²) in [7, 11) is 0.945. The molecule has 2 aromatic carbocycles. The van der Waals surface area contributed by atoms with Crippen LogP contribution in [0.1, 0.15) is 30.9 Å². The minimum absolute atomic E-state index is 0.0229. The first-order valence-corrected chi connectivity index (χ1v) is 12.5. The highest BCUT2D eigenvalue weighted by atomic mass is 32.2. The van der Waals surface area contributed by atoms with E-state index >= 15 is 0 Å². The Morgan fingerprint density at radius 1 is 1.03 bits per heavy atom. The molecule has 8 nitrogen and oxygen atoms in total. The number of hydrogen-bond acceptors (Lipinski definition) is 6. The molecule has 178 valence electrons. The number of amides is 1. The highest BCUT2D eigenvalue weighted by Gasteiger charge is 2.41. The molecule has 2 aliphatic heterocycles. The predicted molar refractivity (Wildman–Crippen MR) is 125 cm³/mol. The number of likely N-dealkylation sites (tertiary alicyclic amines) is 1. The van der Waals surface area contributed by atoms with Crippen LogP contribution >= 0.6 is 0 Å². The second kappa shape index (κ2) is 8.96. The van der Waals surface area contributed by atoms with Gasteiger partial charge >= 0.3 is 0 Å². The summed E-state index contributed by atoms with van der Waals surface area (Å²) in [6, 6.07) is 13.0. The average Bonchev–Trinajstić information content (AvgIpc) is 3.50. The summed E-state index contributed by atoms with van der Waals surface area (Å²) >= 11 is 0. The largest absolute Gasteiger partial charge is 0.454 e. The minimum atomic E-state index is -3.79. The number of benzene rings is 2. The molecule has 0 saturated carbocycles. The van der Waals surface area contributed by atoms with Crippen molar-refractivity contribution in [1.82, 2.24) is 14.1 Å². The second-order valence-electron chi connectivity index (χ2n) is 8.81. The van der Waals surface area contributed by atoms with Gasteiger partial charge in [0.05, 0.1) is 11.3 Å². The quantitative estimate of drug-likeness (QED) is 0.615. The number of carbonyl (C=O) groups is 1. The molecule has 2 aliphatic rings. The fraction of sp³-hybridized carbons (Fsp3) is 0.458. The fourth-order valence-corrected chi connectivity index (χ4v) is 5.67. The molecule has 0 N–H and O–H groups in total. The molecule has 0 aromatic heterocycles. The zero-order valence-corrected chi connectivity index (χ0v) is 20.4. The van der Waals surface area contributed by atoms with E-state index in [1.165, 1.54) is 20.2 Å². The van der Waals surface area contributed by atoms with Crippen molar-refractivity contribution in [3.05, 3.63) is 53.6 Å². The molecule has 0 radical (unpaired) electrons. The van der Waals surface area contributed by atoms with E-state index < -0.39 is 15.7 Å². The Balaban J connectivity index is 1.71. The maximum atomic E-state index is 13.7. The predicted octanol–water partition coefficient (Wildman–Crippen LogP) is 2.64. The number of sulfonamides is 1. The molecule has 2 aromatic rings. The van der Waals surface area contributed by atoms with Crippen molar-refractivity contribution in [1.29, 1.82) is 0 Å². The van der Waals surface area contributed by atoms with E-state index in [1.807, 2.05) is 30.3 Å². The number of hydrogen-bond donors (Lipinski definition) is 0. The molecule has 0 bridgehead atoms. The smallest absolute Gasteiger partial charge is 0.242 e. The van der Waals surface area contributed by atoms with Gasteiger partial charge in [-0.2, -0.15) is 0 Å². The Morgan fingerprint density at radius 3 is 2.24 bits per heavy atom. The first kappa shape index (κ1) is 23.5. The van der Waals surface area contributed by atoms with Gasteiger partial charge in [0.25, 0.3) is 0 Å². The van der Waals surface area contributed by atoms with E-state index in [2.05, 4.69) is 11.8 Å². The average molecular weight is 474 g/mol. The lowest BCUT2D eigenvalue weighted by molar-refractivity contribution is -0.143. The maximum absolute atomic E-state index is 13.7. The molecule has 0 spiro atoms. The number of rotatable bonds is 7. The summed E-state index contributed by atoms with van der Waals surface area (Å²) in [6.45, 7) is 3.87. The van der Waals surface area contributed by atoms with Crippen LogP contribution in [0.25, 0.3) is 0 Å². The van der Waals surface area contributed by atoms with Crippen molar-refractivity contribution in [2.45, 2.75) is 36.7 Å². The van der Waals surface area contributed by atoms with Gasteiger partial charge in [0, 0.05) is 40.3 Å². The summed E-state index contributed by atoms with van der Waals surface area (Å²) in [5.41, 5.74) is 0.766. The number of fused-ring (bicyclic) bond motifs is 1. The normalized spacial score (nSPS) is 17.8. The monoisotopic (exact) mass is 473 g/mol. The van der Waals surface area contributed by atoms with Gasteiger partial charge in [0.1, 0.15) is 5.66 Å². The van der Waals surface area contributed by atoms with Crippen molar-refractivity contribution in [3.63, 3.8) is 0 Å². The van der Waals surface area contributed by atoms with Crippen LogP contribution in [0.5, 0.6) is 11.5 Å². The van der Waals surface area contributed by atoms with Gasteiger partial charge < -0.3 is 14.4 Å². The molecule has 1 fully saturated rings. The SMILES string of the molecule is CN(C(=O)Cc1cc2c(cc1S(=O)(=O)N(C)C)OCO2)[C@@](C)(c1ccccc1)N1CCCC1. The van der Waals surface area contributed by atoms with Crippen LogP contribution in [0.15, 0.2) is 47.4 Å². The maximum Gasteiger partial charge on any atom is 0.242 e. The summed E-state index contributed by atoms with van der Waals surface area (Å²) in [5.74, 6) is 0.636. The van der Waals surface area contributed by atoms with E-state index in [0.29, 0.717) is 17.1 Å². The third-order valence-electron chi connectivity index (χ3n) is 6.73. The number of ether oxygens (including phenoxy) is 2. The molecular formula is C24H31N3O5S. The van der Waals surface area contributed by atoms with Crippen LogP contribution in [-0.2, 0) is 26.9 Å². The van der Waals surface area contributed by atoms with Crippen LogP contribution in [-0.4, -0.2) is 69.5 Å². The van der Waals surface area contributed by atoms with E-state index in [1.54, 1.807) is 18.0 Å². The molecule has 1 atom stereocenters. The van der Waals surface area contributed by atoms with Crippen LogP contribution in [0.3, 0.4) is 0 Å². The second-order valence-corrected chi connectivity index (χ2v) is 10.9. The Bertz CT molecular complexity index is 1130. The van der Waals surface area contributed by atoms with E-state index in [0.717, 1.165) is 35.8 Å². The lowest BCUT2D eigenvalue weighted by Gasteiger charge is -2.46. The summed E-state index contributed by atoms with van der Waals surface area (Å²) in [5, 5.41) is 0. The van der Waals surface area contributed by atoms with E-state index in [-0.39, 0.29) is 24.0 Å². The fourth-order valence-electron chi connectivity index (χ4n) is 4.56. The first-order valence-electron chi connectivity index (χ1n) is 11.1. The lowest BCUT2D eigenvalue weighted by atomic mass is 9.97. The molecular weight excluding hydrogens is 442 g/mol. The van der Waals surface area contributed by atoms with Gasteiger partial charge in [0.2, 0.25) is 22.7 Å². The van der Waals surface area contributed by atoms with Crippen molar-refractivity contribution >= 4 is 15.9 Å². The molecule has 9 heteroatoms. The molecule has 4 rings (SSSR count). The standard InChI is InChI=1S/C24H31N3O5S/c1-24(27-12-8-9-13-27,19-10-6-5-7-11-19)26(4)23(28)15-18-14-20-21(32-17-31-20)16-22(18)33(29,30)25(2)3/h5-7,10-11,14,16H,8-9,12-13,15,17H2,1-4H3/t24-/m1/s1. The van der Waals surface area contributed by atoms with Crippen LogP contribution in [0.4, 0.5) is 0 Å². The zero-order valence-electron chi connectivity index (χ0n) is 19.6. The van der Waals surface area contributed by atoms with E-state index in [4.69, 9.17) is 9.47 Å². The number of carbonyl (C=O) groups excluding carboxylic acids is 1. The molecule has 1 amide bonds. The summed E-state index contributed by atoms with van der Waals surface area (Å²) in [4.78, 5) is 17.8. The Morgan fingerprint density at radius 2 is 1.64 bits per heavy atom. The third kappa shape index (κ3) is 4.20. The molecule has 0 unspecified atom stereocenters. The Kier molecular flexibility index (Phi) is 6.39. The topological polar surface area (TPSA) is 79.4 Å². The number of likely N-dealkylation sites (N-methyl/N-ethyl adjacent to an activating group) is 1. The molecule has 1 saturated heterocycles. The highest BCUT2D eigenvalue weighted by molar-refractivity contribution is 7.89. The third-order valence-corrected chi connectivity index (χ3v) is 8.62. The molecule has 0 aliphatic carbocycles. The highest BCUT2D eigenvalue weighted by Crippen LogP contribution is 2.39. The first-order chi connectivity index (χ1) is 15.7. The Labute approximate surface area is 195 Å². The molecule has 33 heavy (non-hydrogen) atoms.